The van der Waals surface area contributed by atoms with E-state index in [-0.39, 0.29) is 0 Å². The van der Waals surface area contributed by atoms with Crippen molar-refractivity contribution in [2.45, 2.75) is 0 Å². The Morgan fingerprint density at radius 1 is 0.879 bits per heavy atom. The van der Waals surface area contributed by atoms with Crippen LogP contribution in [0.15, 0.2) is 71.6 Å². The third kappa shape index (κ3) is 4.98. The van der Waals surface area contributed by atoms with Crippen LogP contribution in [0.5, 0.6) is 11.6 Å². The van der Waals surface area contributed by atoms with Gasteiger partial charge in [-0.05, 0) is 42.1 Å². The van der Waals surface area contributed by atoms with Crippen molar-refractivity contribution in [1.29, 1.82) is 0 Å². The van der Waals surface area contributed by atoms with Gasteiger partial charge < -0.3 is 14.5 Å². The van der Waals surface area contributed by atoms with Gasteiger partial charge in [0, 0.05) is 37.9 Å². The Kier molecular flexibility index (Phi) is 5.95. The van der Waals surface area contributed by atoms with E-state index in [1.807, 2.05) is 48.5 Å². The van der Waals surface area contributed by atoms with E-state index in [1.165, 1.54) is 5.69 Å². The lowest BCUT2D eigenvalue weighted by molar-refractivity contribution is -0.115. The number of hydrogen-bond donors (Lipinski definition) is 1. The van der Waals surface area contributed by atoms with Crippen LogP contribution in [0.4, 0.5) is 16.4 Å². The van der Waals surface area contributed by atoms with E-state index in [0.29, 0.717) is 28.2 Å². The molecular weight excluding hydrogens is 438 g/mol. The molecule has 0 atom stereocenters. The number of nitrogens with one attached hydrogen (secondary N) is 1. The fraction of sp³-hybridized carbons (Fsp3) is 0.167. The van der Waals surface area contributed by atoms with Crippen LogP contribution < -0.4 is 19.9 Å². The van der Waals surface area contributed by atoms with E-state index in [2.05, 4.69) is 37.2 Å². The second-order valence-corrected chi connectivity index (χ2v) is 8.52. The van der Waals surface area contributed by atoms with Gasteiger partial charge >= 0.3 is 0 Å². The molecule has 0 bridgehead atoms. The molecule has 1 N–H and O–H groups in total. The molecule has 8 nitrogen and oxygen atoms in total. The molecule has 2 aliphatic heterocycles. The highest BCUT2D eigenvalue weighted by molar-refractivity contribution is 8.18. The van der Waals surface area contributed by atoms with Gasteiger partial charge in [0.05, 0.1) is 10.6 Å². The molecule has 5 rings (SSSR count). The summed E-state index contributed by atoms with van der Waals surface area (Å²) in [6.07, 6.45) is 1.59. The van der Waals surface area contributed by atoms with Gasteiger partial charge in [-0.1, -0.05) is 36.4 Å². The maximum atomic E-state index is 12.0. The number of thioether (sulfide) groups is 1. The van der Waals surface area contributed by atoms with Crippen molar-refractivity contribution in [3.05, 3.63) is 77.3 Å². The zero-order chi connectivity index (χ0) is 22.6. The number of piperazine rings is 1. The van der Waals surface area contributed by atoms with Crippen molar-refractivity contribution in [3.63, 3.8) is 0 Å². The molecule has 0 saturated carbocycles. The first-order valence-corrected chi connectivity index (χ1v) is 11.4. The number of benzene rings is 2. The summed E-state index contributed by atoms with van der Waals surface area (Å²) < 4.78 is 5.96. The van der Waals surface area contributed by atoms with E-state index in [4.69, 9.17) is 4.74 Å². The van der Waals surface area contributed by atoms with Crippen molar-refractivity contribution >= 4 is 40.6 Å². The minimum Gasteiger partial charge on any atom is -0.439 e. The summed E-state index contributed by atoms with van der Waals surface area (Å²) in [5, 5.41) is 1.88. The second-order valence-electron chi connectivity index (χ2n) is 7.51. The zero-order valence-electron chi connectivity index (χ0n) is 17.7. The Bertz CT molecular complexity index is 1200. The number of amides is 2. The summed E-state index contributed by atoms with van der Waals surface area (Å²) in [4.78, 5) is 37.6. The average molecular weight is 460 g/mol. The molecule has 2 fully saturated rings. The summed E-state index contributed by atoms with van der Waals surface area (Å²) in [5.41, 5.74) is 1.70. The molecule has 0 aliphatic carbocycles. The number of imide groups is 1. The van der Waals surface area contributed by atoms with Crippen LogP contribution in [0.3, 0.4) is 0 Å². The molecular formula is C24H21N5O3S. The number of anilines is 2. The largest absolute Gasteiger partial charge is 0.439 e. The molecule has 2 aliphatic rings. The smallest absolute Gasteiger partial charge is 0.290 e. The topological polar surface area (TPSA) is 87.7 Å². The number of hydrogen-bond acceptors (Lipinski definition) is 8. The molecule has 3 aromatic rings. The van der Waals surface area contributed by atoms with Gasteiger partial charge in [-0.15, -0.1) is 0 Å². The summed E-state index contributed by atoms with van der Waals surface area (Å²) in [7, 11) is 0. The van der Waals surface area contributed by atoms with Gasteiger partial charge in [0.15, 0.2) is 0 Å². The van der Waals surface area contributed by atoms with Crippen LogP contribution in [0.2, 0.25) is 0 Å². The van der Waals surface area contributed by atoms with E-state index in [0.717, 1.165) is 37.9 Å². The molecule has 33 heavy (non-hydrogen) atoms. The molecule has 0 radical (unpaired) electrons. The van der Waals surface area contributed by atoms with E-state index in [1.54, 1.807) is 12.1 Å². The predicted molar refractivity (Wildman–Crippen MR) is 129 cm³/mol. The van der Waals surface area contributed by atoms with Crippen LogP contribution in [-0.2, 0) is 4.79 Å². The molecule has 0 spiro atoms. The molecule has 2 saturated heterocycles. The maximum absolute atomic E-state index is 12.0. The number of aromatic nitrogens is 2. The standard InChI is InChI=1S/C24H21N5O3S/c30-22-20(33-24(31)27-22)15-17-16-21(32-19-9-5-2-6-10-19)26-23(25-17)29-13-11-28(12-14-29)18-7-3-1-4-8-18/h1-10,15-16H,11-14H2,(H,27,30,31)/b20-15-. The van der Waals surface area contributed by atoms with E-state index < -0.39 is 11.1 Å². The normalized spacial score (nSPS) is 17.4. The van der Waals surface area contributed by atoms with Crippen LogP contribution in [0.1, 0.15) is 5.69 Å². The molecule has 0 unspecified atom stereocenters. The Labute approximate surface area is 195 Å². The molecule has 2 aromatic carbocycles. The van der Waals surface area contributed by atoms with E-state index >= 15 is 0 Å². The Hall–Kier alpha value is -3.85. The monoisotopic (exact) mass is 459 g/mol. The van der Waals surface area contributed by atoms with Gasteiger partial charge in [0.2, 0.25) is 11.8 Å². The van der Waals surface area contributed by atoms with Crippen LogP contribution in [-0.4, -0.2) is 47.3 Å². The van der Waals surface area contributed by atoms with Gasteiger partial charge in [-0.3, -0.25) is 14.9 Å². The third-order valence-corrected chi connectivity index (χ3v) is 6.09. The molecule has 1 aromatic heterocycles. The molecule has 2 amide bonds. The number of ether oxygens (including phenoxy) is 1. The van der Waals surface area contributed by atoms with Crippen LogP contribution in [0, 0.1) is 0 Å². The maximum Gasteiger partial charge on any atom is 0.290 e. The second kappa shape index (κ2) is 9.33. The number of rotatable bonds is 5. The van der Waals surface area contributed by atoms with Crippen LogP contribution >= 0.6 is 11.8 Å². The first-order chi connectivity index (χ1) is 16.1. The van der Waals surface area contributed by atoms with Gasteiger partial charge in [-0.25, -0.2) is 4.98 Å². The number of para-hydroxylation sites is 2. The third-order valence-electron chi connectivity index (χ3n) is 5.28. The summed E-state index contributed by atoms with van der Waals surface area (Å²) in [6.45, 7) is 3.15. The highest BCUT2D eigenvalue weighted by Gasteiger charge is 2.26. The van der Waals surface area contributed by atoms with Crippen molar-refractivity contribution < 1.29 is 14.3 Å². The molecule has 3 heterocycles. The first kappa shape index (κ1) is 21.0. The van der Waals surface area contributed by atoms with Crippen LogP contribution in [0.25, 0.3) is 6.08 Å². The van der Waals surface area contributed by atoms with Crippen molar-refractivity contribution in [2.24, 2.45) is 0 Å². The Morgan fingerprint density at radius 2 is 1.55 bits per heavy atom. The molecule has 9 heteroatoms. The number of carbonyl (C=O) groups excluding carboxylic acids is 2. The quantitative estimate of drug-likeness (QED) is 0.575. The number of carbonyl (C=O) groups is 2. The highest BCUT2D eigenvalue weighted by Crippen LogP contribution is 2.28. The minimum absolute atomic E-state index is 0.296. The van der Waals surface area contributed by atoms with Crippen molar-refractivity contribution in [1.82, 2.24) is 15.3 Å². The van der Waals surface area contributed by atoms with Gasteiger partial charge in [-0.2, -0.15) is 4.98 Å². The number of nitrogens with zero attached hydrogens (tertiary/aromatic N) is 4. The lowest BCUT2D eigenvalue weighted by Gasteiger charge is -2.36. The fourth-order valence-corrected chi connectivity index (χ4v) is 4.33. The van der Waals surface area contributed by atoms with Crippen molar-refractivity contribution in [2.75, 3.05) is 36.0 Å². The van der Waals surface area contributed by atoms with Gasteiger partial charge in [0.1, 0.15) is 5.75 Å². The zero-order valence-corrected chi connectivity index (χ0v) is 18.5. The Morgan fingerprint density at radius 3 is 2.21 bits per heavy atom. The molecule has 166 valence electrons. The lowest BCUT2D eigenvalue weighted by atomic mass is 10.2. The average Bonchev–Trinajstić information content (AvgIpc) is 3.16. The van der Waals surface area contributed by atoms with Gasteiger partial charge in [0.25, 0.3) is 11.1 Å². The first-order valence-electron chi connectivity index (χ1n) is 10.6. The summed E-state index contributed by atoms with van der Waals surface area (Å²) in [5.74, 6) is 1.13. The lowest BCUT2D eigenvalue weighted by Crippen LogP contribution is -2.47. The summed E-state index contributed by atoms with van der Waals surface area (Å²) in [6, 6.07) is 21.3. The SMILES string of the molecule is O=C1NC(=O)/C(=C/c2cc(Oc3ccccc3)nc(N3CCN(c4ccccc4)CC3)n2)S1. The predicted octanol–water partition coefficient (Wildman–Crippen LogP) is 3.92. The van der Waals surface area contributed by atoms with E-state index in [9.17, 15) is 9.59 Å². The van der Waals surface area contributed by atoms with Crippen molar-refractivity contribution in [3.8, 4) is 11.6 Å². The fourth-order valence-electron chi connectivity index (χ4n) is 3.67. The minimum atomic E-state index is -0.424. The highest BCUT2D eigenvalue weighted by atomic mass is 32.2. The Balaban J connectivity index is 1.41. The summed E-state index contributed by atoms with van der Waals surface area (Å²) >= 11 is 0.858.